The molecule has 98 heavy (non-hydrogen) atoms. The molecule has 7 aromatic carbocycles. The summed E-state index contributed by atoms with van der Waals surface area (Å²) in [7, 11) is 0. The maximum atomic E-state index is 5.63. The first-order chi connectivity index (χ1) is 46.2. The van der Waals surface area contributed by atoms with Gasteiger partial charge < -0.3 is 19.9 Å². The first-order valence-corrected chi connectivity index (χ1v) is 33.9. The molecule has 16 bridgehead atoms. The summed E-state index contributed by atoms with van der Waals surface area (Å²) in [6, 6.07) is 43.5. The van der Waals surface area contributed by atoms with Gasteiger partial charge in [-0.3, -0.25) is 0 Å². The molecule has 0 amide bonds. The van der Waals surface area contributed by atoms with Gasteiger partial charge in [-0.25, -0.2) is 59.8 Å². The molecule has 0 radical (unpaired) electrons. The lowest BCUT2D eigenvalue weighted by Crippen LogP contribution is -2.10. The number of aromatic nitrogens is 16. The fourth-order valence-electron chi connectivity index (χ4n) is 13.9. The first kappa shape index (κ1) is 60.9. The van der Waals surface area contributed by atoms with Gasteiger partial charge >= 0.3 is 0 Å². The van der Waals surface area contributed by atoms with Gasteiger partial charge in [0, 0.05) is 87.6 Å². The summed E-state index contributed by atoms with van der Waals surface area (Å²) in [5, 5.41) is 6.76. The van der Waals surface area contributed by atoms with E-state index in [1.54, 1.807) is 0 Å². The zero-order chi connectivity index (χ0) is 68.4. The van der Waals surface area contributed by atoms with Gasteiger partial charge in [-0.15, -0.1) is 0 Å². The highest BCUT2D eigenvalue weighted by Gasteiger charge is 2.31. The lowest BCUT2D eigenvalue weighted by Gasteiger charge is -2.19. The van der Waals surface area contributed by atoms with E-state index in [0.717, 1.165) is 110 Å². The van der Waals surface area contributed by atoms with Crippen molar-refractivity contribution in [3.63, 3.8) is 0 Å². The van der Waals surface area contributed by atoms with Gasteiger partial charge in [0.1, 0.15) is 45.2 Å². The highest BCUT2D eigenvalue weighted by Crippen LogP contribution is 2.45. The van der Waals surface area contributed by atoms with Gasteiger partial charge in [0.05, 0.1) is 0 Å². The summed E-state index contributed by atoms with van der Waals surface area (Å²) in [6.45, 7) is 40.1. The molecule has 17 rings (SSSR count). The molecule has 0 saturated heterocycles. The number of H-pyrrole nitrogens is 4. The molecule has 4 N–H and O–H groups in total. The second-order valence-electron chi connectivity index (χ2n) is 33.2. The van der Waals surface area contributed by atoms with Crippen molar-refractivity contribution in [1.82, 2.24) is 79.7 Å². The summed E-state index contributed by atoms with van der Waals surface area (Å²) in [6.07, 6.45) is 0. The molecule has 10 heterocycles. The normalized spacial score (nSPS) is 13.4. The van der Waals surface area contributed by atoms with Crippen molar-refractivity contribution in [1.29, 1.82) is 0 Å². The Kier molecular flexibility index (Phi) is 12.7. The predicted octanol–water partition coefficient (Wildman–Crippen LogP) is 19.8. The third-order valence-corrected chi connectivity index (χ3v) is 20.0. The van der Waals surface area contributed by atoms with Crippen molar-refractivity contribution < 1.29 is 0 Å². The standard InChI is InChI=1S/C82H78N16/c1-77(2,3)39-21-27-47-51(31-39)67-86-63(47)87-68-52-32-40(78(4,5)6)22-28-48(52)65(89-68)92-73-57-37-59-58(38-60(57)76(97-73)96-72-56-36-44(82(16,17)18)23-29-49(56)64(88-67)90-72)74-93-66-50-30-24-43(81(13,14)15)35-55(50)70(91-66)94-69-53-33-41(79(7,8)9)19-25-45(53)61(84-69)83-62-46-26-20-42(80(10,11)12)34-54(46)71(85-62)95-75(59)98-74/h19-38H,1-18H3,(H2,83,84,85,91,93,94,95,98)(H2,86,87,88,89,90,92,96,97). The maximum Gasteiger partial charge on any atom is 0.164 e. The number of nitrogens with zero attached hydrogens (tertiary/aromatic N) is 12. The quantitative estimate of drug-likeness (QED) is 0.111. The fourth-order valence-corrected chi connectivity index (χ4v) is 13.9. The Morgan fingerprint density at radius 3 is 0.561 bits per heavy atom. The van der Waals surface area contributed by atoms with E-state index in [-0.39, 0.29) is 32.5 Å². The maximum absolute atomic E-state index is 5.63. The number of fused-ring (bicyclic) bond motifs is 40. The van der Waals surface area contributed by atoms with Crippen LogP contribution in [0.15, 0.2) is 121 Å². The van der Waals surface area contributed by atoms with Crippen molar-refractivity contribution in [2.45, 2.75) is 157 Å². The molecule has 16 nitrogen and oxygen atoms in total. The van der Waals surface area contributed by atoms with Crippen LogP contribution in [0.5, 0.6) is 0 Å². The minimum absolute atomic E-state index is 0.140. The minimum atomic E-state index is -0.187. The Hall–Kier alpha value is -10.7. The molecule has 0 saturated carbocycles. The van der Waals surface area contributed by atoms with Crippen LogP contribution in [0.1, 0.15) is 158 Å². The molecule has 0 fully saturated rings. The SMILES string of the molecule is CC(C)(C)c1ccc2c(c1)-c1nc-2nc2[nH]c(nc3nc(nc4[nH]c(n1)c1ccc(C(C)(C)C)cc41)-c1ccc(C(C)(C)C)cc1-3)c1cc3c4nc5nc(nc6[nH]c(nc7nc(nc([nH]4)c3cc21)-c1cc(C(C)(C)C)ccc1-7)c1ccc(C(C)(C)C)cc61)-c1cc(C(C)(C)C)ccc1-5. The molecule has 0 unspecified atom stereocenters. The van der Waals surface area contributed by atoms with E-state index in [1.807, 2.05) is 0 Å². The molecule has 0 atom stereocenters. The Morgan fingerprint density at radius 2 is 0.347 bits per heavy atom. The van der Waals surface area contributed by atoms with E-state index in [0.29, 0.717) is 91.8 Å². The molecular weight excluding hydrogens is 1210 g/mol. The smallest absolute Gasteiger partial charge is 0.164 e. The van der Waals surface area contributed by atoms with E-state index in [9.17, 15) is 0 Å². The van der Waals surface area contributed by atoms with Crippen molar-refractivity contribution in [3.8, 4) is 91.1 Å². The molecule has 13 aromatic rings. The number of rotatable bonds is 0. The van der Waals surface area contributed by atoms with Crippen molar-refractivity contribution in [2.24, 2.45) is 0 Å². The summed E-state index contributed by atoms with van der Waals surface area (Å²) in [5.74, 6) is 4.13. The molecule has 6 aromatic heterocycles. The Bertz CT molecular complexity index is 6070. The lowest BCUT2D eigenvalue weighted by atomic mass is 9.85. The average Bonchev–Trinajstić information content (AvgIpc) is 1.58. The predicted molar refractivity (Wildman–Crippen MR) is 398 cm³/mol. The largest absolute Gasteiger partial charge is 0.324 e. The number of nitrogens with one attached hydrogen (secondary N) is 4. The van der Waals surface area contributed by atoms with Crippen LogP contribution in [-0.2, 0) is 32.5 Å². The monoisotopic (exact) mass is 1290 g/mol. The highest BCUT2D eigenvalue weighted by atomic mass is 15.1. The number of hydrogen-bond donors (Lipinski definition) is 4. The molecule has 0 aliphatic carbocycles. The Balaban J connectivity index is 1.03. The minimum Gasteiger partial charge on any atom is -0.324 e. The van der Waals surface area contributed by atoms with E-state index >= 15 is 0 Å². The van der Waals surface area contributed by atoms with Gasteiger partial charge in [0.15, 0.2) is 46.6 Å². The van der Waals surface area contributed by atoms with E-state index in [4.69, 9.17) is 59.8 Å². The van der Waals surface area contributed by atoms with E-state index in [2.05, 4.69) is 266 Å². The Labute approximate surface area is 567 Å². The van der Waals surface area contributed by atoms with Gasteiger partial charge in [-0.1, -0.05) is 197 Å². The molecule has 486 valence electrons. The fraction of sp³-hybridized carbons (Fsp3) is 0.293. The van der Waals surface area contributed by atoms with Crippen LogP contribution in [0.3, 0.4) is 0 Å². The van der Waals surface area contributed by atoms with Gasteiger partial charge in [0.2, 0.25) is 0 Å². The number of benzene rings is 7. The van der Waals surface area contributed by atoms with E-state index < -0.39 is 0 Å². The van der Waals surface area contributed by atoms with Gasteiger partial charge in [-0.2, -0.15) is 0 Å². The third kappa shape index (κ3) is 9.90. The van der Waals surface area contributed by atoms with Crippen LogP contribution in [0, 0.1) is 0 Å². The molecule has 16 heteroatoms. The van der Waals surface area contributed by atoms with Crippen molar-refractivity contribution in [2.75, 3.05) is 0 Å². The topological polar surface area (TPSA) is 218 Å². The molecular formula is C82H78N16. The van der Waals surface area contributed by atoms with Gasteiger partial charge in [0.25, 0.3) is 0 Å². The summed E-state index contributed by atoms with van der Waals surface area (Å²) >= 11 is 0. The van der Waals surface area contributed by atoms with Crippen molar-refractivity contribution >= 4 is 88.3 Å². The summed E-state index contributed by atoms with van der Waals surface area (Å²) < 4.78 is 0. The first-order valence-electron chi connectivity index (χ1n) is 33.9. The Morgan fingerprint density at radius 1 is 0.173 bits per heavy atom. The molecule has 4 aliphatic heterocycles. The summed E-state index contributed by atoms with van der Waals surface area (Å²) in [5.41, 5.74) is 17.5. The second-order valence-corrected chi connectivity index (χ2v) is 33.2. The van der Waals surface area contributed by atoms with Gasteiger partial charge in [-0.05, 0) is 114 Å². The van der Waals surface area contributed by atoms with Crippen LogP contribution in [0.25, 0.3) is 179 Å². The second kappa shape index (κ2) is 20.4. The van der Waals surface area contributed by atoms with Crippen LogP contribution < -0.4 is 0 Å². The van der Waals surface area contributed by atoms with Crippen LogP contribution in [0.4, 0.5) is 0 Å². The zero-order valence-electron chi connectivity index (χ0n) is 58.9. The lowest BCUT2D eigenvalue weighted by molar-refractivity contribution is 0.590. The highest BCUT2D eigenvalue weighted by molar-refractivity contribution is 6.18. The zero-order valence-corrected chi connectivity index (χ0v) is 58.9. The van der Waals surface area contributed by atoms with Crippen molar-refractivity contribution in [3.05, 3.63) is 155 Å². The number of aromatic amines is 4. The average molecular weight is 1290 g/mol. The third-order valence-electron chi connectivity index (χ3n) is 20.0. The molecule has 4 aliphatic rings. The van der Waals surface area contributed by atoms with Crippen LogP contribution in [0.2, 0.25) is 0 Å². The number of hydrogen-bond acceptors (Lipinski definition) is 12. The molecule has 0 spiro atoms. The van der Waals surface area contributed by atoms with Crippen LogP contribution >= 0.6 is 0 Å². The van der Waals surface area contributed by atoms with Crippen LogP contribution in [-0.4, -0.2) is 79.7 Å². The van der Waals surface area contributed by atoms with E-state index in [1.165, 1.54) is 11.1 Å². The summed E-state index contributed by atoms with van der Waals surface area (Å²) in [4.78, 5) is 80.9.